The van der Waals surface area contributed by atoms with Crippen molar-refractivity contribution in [2.75, 3.05) is 42.7 Å². The van der Waals surface area contributed by atoms with Crippen LogP contribution in [0.3, 0.4) is 0 Å². The number of rotatable bonds is 9. The number of nitrogens with zero attached hydrogens (tertiary/aromatic N) is 5. The van der Waals surface area contributed by atoms with Crippen LogP contribution in [0.25, 0.3) is 10.9 Å². The van der Waals surface area contributed by atoms with E-state index < -0.39 is 23.8 Å². The normalized spacial score (nSPS) is 16.8. The van der Waals surface area contributed by atoms with Gasteiger partial charge < -0.3 is 20.5 Å². The number of benzene rings is 2. The van der Waals surface area contributed by atoms with Gasteiger partial charge in [-0.1, -0.05) is 0 Å². The van der Waals surface area contributed by atoms with Crippen molar-refractivity contribution in [2.24, 2.45) is 0 Å². The number of nitrogens with two attached hydrogens (primary N) is 1. The van der Waals surface area contributed by atoms with Crippen molar-refractivity contribution < 1.29 is 32.2 Å². The molecule has 3 amide bonds. The summed E-state index contributed by atoms with van der Waals surface area (Å²) in [6.45, 7) is 5.98. The average Bonchev–Trinajstić information content (AvgIpc) is 3.05. The second kappa shape index (κ2) is 13.7. The Balaban J connectivity index is 1.13. The standard InChI is InChI=1S/C34H37F3N8O4/c1-19(21-12-22(34(35,36)37)14-23(38)13-21)40-32-27-15-30(29(48-3)16-28(27)41-20(2)42-32)49-26-6-9-44(10-7-26)18-24-4-5-25(17-39-24)45-11-8-31(46)43-33(45)47/h4-5,12-17,19,26H,6-11,18,38H2,1-3H3,(H,40,41,42)(H,43,46,47)/t19-/m1/s1. The number of hydrogen-bond acceptors (Lipinski definition) is 10. The van der Waals surface area contributed by atoms with Gasteiger partial charge in [-0.15, -0.1) is 0 Å². The van der Waals surface area contributed by atoms with E-state index in [1.165, 1.54) is 11.0 Å². The van der Waals surface area contributed by atoms with Gasteiger partial charge in [0, 0.05) is 49.7 Å². The molecule has 1 atom stereocenters. The van der Waals surface area contributed by atoms with Crippen molar-refractivity contribution in [3.05, 3.63) is 71.3 Å². The molecule has 0 radical (unpaired) electrons. The highest BCUT2D eigenvalue weighted by atomic mass is 19.4. The van der Waals surface area contributed by atoms with Crippen LogP contribution in [0.1, 0.15) is 54.9 Å². The molecule has 2 aliphatic rings. The number of halogens is 3. The Hall–Kier alpha value is -5.18. The molecule has 6 rings (SSSR count). The SMILES string of the molecule is COc1cc2nc(C)nc(N[C@H](C)c3cc(N)cc(C(F)(F)F)c3)c2cc1OC1CCN(Cc2ccc(N3CCC(=O)NC3=O)cn2)CC1. The molecule has 258 valence electrons. The fraction of sp³-hybridized carbons (Fsp3) is 0.382. The minimum atomic E-state index is -4.53. The molecule has 12 nitrogen and oxygen atoms in total. The summed E-state index contributed by atoms with van der Waals surface area (Å²) in [5.41, 5.74) is 7.49. The number of nitrogen functional groups attached to an aromatic ring is 1. The minimum absolute atomic E-state index is 0.0193. The summed E-state index contributed by atoms with van der Waals surface area (Å²) in [6.07, 6.45) is -1.21. The zero-order valence-corrected chi connectivity index (χ0v) is 27.3. The van der Waals surface area contributed by atoms with Gasteiger partial charge in [-0.3, -0.25) is 24.9 Å². The zero-order valence-electron chi connectivity index (χ0n) is 27.3. The quantitative estimate of drug-likeness (QED) is 0.191. The van der Waals surface area contributed by atoms with E-state index in [0.717, 1.165) is 43.8 Å². The largest absolute Gasteiger partial charge is 0.493 e. The van der Waals surface area contributed by atoms with E-state index in [4.69, 9.17) is 15.2 Å². The second-order valence-electron chi connectivity index (χ2n) is 12.2. The first-order chi connectivity index (χ1) is 23.4. The highest BCUT2D eigenvalue weighted by Gasteiger charge is 2.32. The summed E-state index contributed by atoms with van der Waals surface area (Å²) in [6, 6.07) is 9.81. The highest BCUT2D eigenvalue weighted by Crippen LogP contribution is 2.38. The van der Waals surface area contributed by atoms with Crippen molar-refractivity contribution >= 4 is 40.0 Å². The first kappa shape index (κ1) is 33.7. The predicted molar refractivity (Wildman–Crippen MR) is 177 cm³/mol. The monoisotopic (exact) mass is 678 g/mol. The summed E-state index contributed by atoms with van der Waals surface area (Å²) in [5, 5.41) is 6.20. The van der Waals surface area contributed by atoms with E-state index in [2.05, 4.69) is 30.5 Å². The maximum absolute atomic E-state index is 13.5. The van der Waals surface area contributed by atoms with Crippen LogP contribution < -0.4 is 30.7 Å². The highest BCUT2D eigenvalue weighted by molar-refractivity contribution is 6.05. The third-order valence-corrected chi connectivity index (χ3v) is 8.64. The van der Waals surface area contributed by atoms with Crippen LogP contribution in [-0.2, 0) is 17.5 Å². The lowest BCUT2D eigenvalue weighted by Gasteiger charge is -2.32. The van der Waals surface area contributed by atoms with Gasteiger partial charge in [0.15, 0.2) is 11.5 Å². The Kier molecular flexibility index (Phi) is 9.45. The maximum atomic E-state index is 13.5. The van der Waals surface area contributed by atoms with E-state index in [9.17, 15) is 22.8 Å². The fourth-order valence-corrected chi connectivity index (χ4v) is 6.07. The van der Waals surface area contributed by atoms with Gasteiger partial charge in [0.25, 0.3) is 0 Å². The third-order valence-electron chi connectivity index (χ3n) is 8.64. The molecule has 0 bridgehead atoms. The van der Waals surface area contributed by atoms with Crippen molar-refractivity contribution in [1.29, 1.82) is 0 Å². The lowest BCUT2D eigenvalue weighted by molar-refractivity contribution is -0.137. The number of anilines is 3. The Morgan fingerprint density at radius 1 is 1.06 bits per heavy atom. The number of carbonyl (C=O) groups excluding carboxylic acids is 2. The summed E-state index contributed by atoms with van der Waals surface area (Å²) in [4.78, 5) is 41.0. The number of carbonyl (C=O) groups is 2. The number of urea groups is 1. The summed E-state index contributed by atoms with van der Waals surface area (Å²) in [7, 11) is 1.56. The van der Waals surface area contributed by atoms with E-state index >= 15 is 0 Å². The smallest absolute Gasteiger partial charge is 0.416 e. The Morgan fingerprint density at radius 3 is 2.51 bits per heavy atom. The molecule has 4 heterocycles. The van der Waals surface area contributed by atoms with Gasteiger partial charge in [0.05, 0.1) is 41.8 Å². The number of likely N-dealkylation sites (tertiary alicyclic amines) is 1. The lowest BCUT2D eigenvalue weighted by atomic mass is 10.0. The van der Waals surface area contributed by atoms with Crippen LogP contribution in [0.5, 0.6) is 11.5 Å². The molecular formula is C34H37F3N8O4. The number of fused-ring (bicyclic) bond motifs is 1. The number of nitrogens with one attached hydrogen (secondary N) is 2. The number of alkyl halides is 3. The van der Waals surface area contributed by atoms with Gasteiger partial charge in [0.2, 0.25) is 5.91 Å². The van der Waals surface area contributed by atoms with Gasteiger partial charge in [-0.2, -0.15) is 13.2 Å². The Labute approximate surface area is 280 Å². The molecule has 2 aromatic carbocycles. The Morgan fingerprint density at radius 2 is 1.84 bits per heavy atom. The molecule has 49 heavy (non-hydrogen) atoms. The maximum Gasteiger partial charge on any atom is 0.416 e. The van der Waals surface area contributed by atoms with E-state index in [0.29, 0.717) is 58.4 Å². The summed E-state index contributed by atoms with van der Waals surface area (Å²) in [5.74, 6) is 1.67. The molecule has 2 aromatic heterocycles. The molecule has 15 heteroatoms. The van der Waals surface area contributed by atoms with Gasteiger partial charge in [-0.25, -0.2) is 14.8 Å². The number of aryl methyl sites for hydroxylation is 1. The molecular weight excluding hydrogens is 641 g/mol. The number of pyridine rings is 1. The molecule has 0 unspecified atom stereocenters. The molecule has 0 saturated carbocycles. The van der Waals surface area contributed by atoms with E-state index in [-0.39, 0.29) is 24.1 Å². The van der Waals surface area contributed by atoms with Crippen LogP contribution in [0.2, 0.25) is 0 Å². The van der Waals surface area contributed by atoms with E-state index in [1.54, 1.807) is 39.3 Å². The summed E-state index contributed by atoms with van der Waals surface area (Å²) < 4.78 is 52.5. The topological polar surface area (TPSA) is 148 Å². The lowest BCUT2D eigenvalue weighted by Crippen LogP contribution is -2.49. The van der Waals surface area contributed by atoms with Crippen LogP contribution >= 0.6 is 0 Å². The van der Waals surface area contributed by atoms with Crippen molar-refractivity contribution in [1.82, 2.24) is 25.2 Å². The first-order valence-corrected chi connectivity index (χ1v) is 15.9. The zero-order chi connectivity index (χ0) is 34.9. The van der Waals surface area contributed by atoms with Gasteiger partial charge in [0.1, 0.15) is 17.7 Å². The number of piperidine rings is 1. The average molecular weight is 679 g/mol. The second-order valence-corrected chi connectivity index (χ2v) is 12.2. The van der Waals surface area contributed by atoms with Crippen LogP contribution in [0.15, 0.2) is 48.7 Å². The van der Waals surface area contributed by atoms with Crippen molar-refractivity contribution in [3.8, 4) is 11.5 Å². The van der Waals surface area contributed by atoms with Gasteiger partial charge in [-0.05, 0) is 68.7 Å². The number of imide groups is 1. The number of methoxy groups -OCH3 is 1. The molecule has 2 fully saturated rings. The van der Waals surface area contributed by atoms with E-state index in [1.807, 2.05) is 12.1 Å². The first-order valence-electron chi connectivity index (χ1n) is 15.9. The molecule has 0 aliphatic carbocycles. The molecule has 4 N–H and O–H groups in total. The molecule has 2 saturated heterocycles. The van der Waals surface area contributed by atoms with Gasteiger partial charge >= 0.3 is 12.2 Å². The number of amides is 3. The number of hydrogen-bond donors (Lipinski definition) is 3. The third kappa shape index (κ3) is 7.77. The fourth-order valence-electron chi connectivity index (χ4n) is 6.07. The summed E-state index contributed by atoms with van der Waals surface area (Å²) >= 11 is 0. The van der Waals surface area contributed by atoms with Crippen molar-refractivity contribution in [2.45, 2.75) is 58.0 Å². The minimum Gasteiger partial charge on any atom is -0.493 e. The number of ether oxygens (including phenoxy) is 2. The Bertz CT molecular complexity index is 1860. The van der Waals surface area contributed by atoms with Crippen molar-refractivity contribution in [3.63, 3.8) is 0 Å². The van der Waals surface area contributed by atoms with Crippen LogP contribution in [0.4, 0.5) is 35.2 Å². The predicted octanol–water partition coefficient (Wildman–Crippen LogP) is 5.61. The number of aromatic nitrogens is 3. The molecule has 4 aromatic rings. The molecule has 0 spiro atoms. The van der Waals surface area contributed by atoms with Crippen LogP contribution in [-0.4, -0.2) is 64.6 Å². The van der Waals surface area contributed by atoms with Crippen LogP contribution in [0, 0.1) is 6.92 Å². The molecule has 2 aliphatic heterocycles.